The topological polar surface area (TPSA) is 49.3 Å². The van der Waals surface area contributed by atoms with Crippen LogP contribution in [0.3, 0.4) is 0 Å². The quantitative estimate of drug-likeness (QED) is 0.636. The van der Waals surface area contributed by atoms with E-state index in [9.17, 15) is 4.79 Å². The summed E-state index contributed by atoms with van der Waals surface area (Å²) in [6.45, 7) is 0. The second-order valence-corrected chi connectivity index (χ2v) is 3.49. The van der Waals surface area contributed by atoms with Crippen LogP contribution < -0.4 is 5.32 Å². The SMILES string of the molecule is O=C(O)NC1CCCCCCC1. The minimum atomic E-state index is -0.874. The summed E-state index contributed by atoms with van der Waals surface area (Å²) in [5.41, 5.74) is 0. The van der Waals surface area contributed by atoms with E-state index in [1.807, 2.05) is 0 Å². The summed E-state index contributed by atoms with van der Waals surface area (Å²) in [5, 5.41) is 11.1. The number of rotatable bonds is 1. The first kappa shape index (κ1) is 9.36. The van der Waals surface area contributed by atoms with Gasteiger partial charge in [0.1, 0.15) is 0 Å². The summed E-state index contributed by atoms with van der Waals surface area (Å²) in [6, 6.07) is 0.211. The Morgan fingerprint density at radius 3 is 2.08 bits per heavy atom. The molecule has 1 saturated carbocycles. The lowest BCUT2D eigenvalue weighted by molar-refractivity contribution is 0.187. The van der Waals surface area contributed by atoms with Crippen LogP contribution in [0.1, 0.15) is 44.9 Å². The van der Waals surface area contributed by atoms with Gasteiger partial charge in [-0.25, -0.2) is 4.79 Å². The molecule has 12 heavy (non-hydrogen) atoms. The van der Waals surface area contributed by atoms with E-state index < -0.39 is 6.09 Å². The van der Waals surface area contributed by atoms with E-state index in [0.29, 0.717) is 0 Å². The zero-order chi connectivity index (χ0) is 8.81. The molecule has 0 bridgehead atoms. The van der Waals surface area contributed by atoms with Crippen LogP contribution in [0.2, 0.25) is 0 Å². The minimum absolute atomic E-state index is 0.211. The van der Waals surface area contributed by atoms with Gasteiger partial charge in [-0.1, -0.05) is 32.1 Å². The highest BCUT2D eigenvalue weighted by Gasteiger charge is 2.12. The van der Waals surface area contributed by atoms with Crippen LogP contribution >= 0.6 is 0 Å². The Morgan fingerprint density at radius 2 is 1.58 bits per heavy atom. The van der Waals surface area contributed by atoms with E-state index in [1.54, 1.807) is 0 Å². The van der Waals surface area contributed by atoms with Crippen LogP contribution in [0.15, 0.2) is 0 Å². The Morgan fingerprint density at radius 1 is 1.08 bits per heavy atom. The van der Waals surface area contributed by atoms with Gasteiger partial charge in [-0.15, -0.1) is 0 Å². The Bertz CT molecular complexity index is 139. The smallest absolute Gasteiger partial charge is 0.404 e. The maximum atomic E-state index is 10.4. The van der Waals surface area contributed by atoms with Crippen molar-refractivity contribution in [1.29, 1.82) is 0 Å². The molecular weight excluding hydrogens is 154 g/mol. The molecule has 1 fully saturated rings. The molecule has 1 aliphatic carbocycles. The molecule has 0 saturated heterocycles. The summed E-state index contributed by atoms with van der Waals surface area (Å²) in [7, 11) is 0. The third kappa shape index (κ3) is 3.60. The fraction of sp³-hybridized carbons (Fsp3) is 0.889. The second kappa shape index (κ2) is 5.01. The largest absolute Gasteiger partial charge is 0.465 e. The molecular formula is C9H17NO2. The summed E-state index contributed by atoms with van der Waals surface area (Å²) >= 11 is 0. The highest BCUT2D eigenvalue weighted by atomic mass is 16.4. The van der Waals surface area contributed by atoms with Gasteiger partial charge in [0.25, 0.3) is 0 Å². The van der Waals surface area contributed by atoms with Gasteiger partial charge in [0.05, 0.1) is 0 Å². The fourth-order valence-electron chi connectivity index (χ4n) is 1.78. The second-order valence-electron chi connectivity index (χ2n) is 3.49. The first-order chi connectivity index (χ1) is 5.79. The lowest BCUT2D eigenvalue weighted by atomic mass is 9.97. The van der Waals surface area contributed by atoms with Crippen molar-refractivity contribution in [2.45, 2.75) is 51.0 Å². The van der Waals surface area contributed by atoms with Crippen molar-refractivity contribution in [3.05, 3.63) is 0 Å². The lowest BCUT2D eigenvalue weighted by Gasteiger charge is -2.18. The van der Waals surface area contributed by atoms with Crippen LogP contribution in [-0.2, 0) is 0 Å². The van der Waals surface area contributed by atoms with E-state index in [-0.39, 0.29) is 6.04 Å². The van der Waals surface area contributed by atoms with Crippen molar-refractivity contribution in [1.82, 2.24) is 5.32 Å². The molecule has 0 aliphatic heterocycles. The molecule has 0 aromatic carbocycles. The van der Waals surface area contributed by atoms with Crippen molar-refractivity contribution in [3.8, 4) is 0 Å². The number of carboxylic acid groups (broad SMARTS) is 1. The molecule has 1 rings (SSSR count). The summed E-state index contributed by atoms with van der Waals surface area (Å²) < 4.78 is 0. The molecule has 70 valence electrons. The highest BCUT2D eigenvalue weighted by molar-refractivity contribution is 5.64. The molecule has 0 radical (unpaired) electrons. The van der Waals surface area contributed by atoms with Gasteiger partial charge < -0.3 is 10.4 Å². The summed E-state index contributed by atoms with van der Waals surface area (Å²) in [4.78, 5) is 10.4. The zero-order valence-corrected chi connectivity index (χ0v) is 7.38. The maximum absolute atomic E-state index is 10.4. The molecule has 0 spiro atoms. The monoisotopic (exact) mass is 171 g/mol. The molecule has 1 aliphatic rings. The van der Waals surface area contributed by atoms with Crippen molar-refractivity contribution in [2.75, 3.05) is 0 Å². The van der Waals surface area contributed by atoms with Crippen LogP contribution in [-0.4, -0.2) is 17.2 Å². The Balaban J connectivity index is 2.24. The minimum Gasteiger partial charge on any atom is -0.465 e. The highest BCUT2D eigenvalue weighted by Crippen LogP contribution is 2.16. The molecule has 0 aromatic heterocycles. The summed E-state index contributed by atoms with van der Waals surface area (Å²) in [5.74, 6) is 0. The van der Waals surface area contributed by atoms with E-state index in [2.05, 4.69) is 5.32 Å². The molecule has 3 heteroatoms. The molecule has 0 heterocycles. The molecule has 0 atom stereocenters. The standard InChI is InChI=1S/C9H17NO2/c11-9(12)10-8-6-4-2-1-3-5-7-8/h8,10H,1-7H2,(H,11,12). The number of carbonyl (C=O) groups is 1. The Hall–Kier alpha value is -0.730. The van der Waals surface area contributed by atoms with E-state index >= 15 is 0 Å². The first-order valence-corrected chi connectivity index (χ1v) is 4.78. The van der Waals surface area contributed by atoms with Gasteiger partial charge in [-0.05, 0) is 12.8 Å². The van der Waals surface area contributed by atoms with Gasteiger partial charge >= 0.3 is 6.09 Å². The van der Waals surface area contributed by atoms with Crippen molar-refractivity contribution >= 4 is 6.09 Å². The van der Waals surface area contributed by atoms with E-state index in [1.165, 1.54) is 32.1 Å². The Kier molecular flexibility index (Phi) is 3.91. The average molecular weight is 171 g/mol. The predicted octanol–water partition coefficient (Wildman–Crippen LogP) is 2.37. The van der Waals surface area contributed by atoms with Gasteiger partial charge in [-0.3, -0.25) is 0 Å². The lowest BCUT2D eigenvalue weighted by Crippen LogP contribution is -2.33. The Labute approximate surface area is 73.2 Å². The van der Waals surface area contributed by atoms with Gasteiger partial charge in [-0.2, -0.15) is 0 Å². The van der Waals surface area contributed by atoms with Crippen LogP contribution in [0.5, 0.6) is 0 Å². The first-order valence-electron chi connectivity index (χ1n) is 4.78. The van der Waals surface area contributed by atoms with Crippen molar-refractivity contribution in [2.24, 2.45) is 0 Å². The van der Waals surface area contributed by atoms with Gasteiger partial charge in [0.2, 0.25) is 0 Å². The number of hydrogen-bond donors (Lipinski definition) is 2. The number of nitrogens with one attached hydrogen (secondary N) is 1. The molecule has 3 nitrogen and oxygen atoms in total. The molecule has 2 N–H and O–H groups in total. The van der Waals surface area contributed by atoms with E-state index in [0.717, 1.165) is 12.8 Å². The number of amides is 1. The van der Waals surface area contributed by atoms with Crippen LogP contribution in [0, 0.1) is 0 Å². The zero-order valence-electron chi connectivity index (χ0n) is 7.38. The van der Waals surface area contributed by atoms with Crippen molar-refractivity contribution in [3.63, 3.8) is 0 Å². The maximum Gasteiger partial charge on any atom is 0.404 e. The van der Waals surface area contributed by atoms with Gasteiger partial charge in [0.15, 0.2) is 0 Å². The van der Waals surface area contributed by atoms with Gasteiger partial charge in [0, 0.05) is 6.04 Å². The third-order valence-corrected chi connectivity index (χ3v) is 2.43. The molecule has 0 aromatic rings. The van der Waals surface area contributed by atoms with Crippen LogP contribution in [0.25, 0.3) is 0 Å². The van der Waals surface area contributed by atoms with E-state index in [4.69, 9.17) is 5.11 Å². The summed E-state index contributed by atoms with van der Waals surface area (Å²) in [6.07, 6.45) is 7.35. The predicted molar refractivity (Wildman–Crippen MR) is 47.3 cm³/mol. The molecule has 0 unspecified atom stereocenters. The third-order valence-electron chi connectivity index (χ3n) is 2.43. The van der Waals surface area contributed by atoms with Crippen LogP contribution in [0.4, 0.5) is 4.79 Å². The molecule has 1 amide bonds. The normalized spacial score (nSPS) is 21.0. The number of hydrogen-bond acceptors (Lipinski definition) is 1. The fourth-order valence-corrected chi connectivity index (χ4v) is 1.78. The van der Waals surface area contributed by atoms with Crippen molar-refractivity contribution < 1.29 is 9.90 Å². The average Bonchev–Trinajstić information content (AvgIpc) is 1.93.